The molecule has 220 valence electrons. The minimum absolute atomic E-state index is 0.0284. The molecule has 43 heavy (non-hydrogen) atoms. The summed E-state index contributed by atoms with van der Waals surface area (Å²) in [5.74, 6) is 1.09. The number of nitrogens with zero attached hydrogens (tertiary/aromatic N) is 7. The Bertz CT molecular complexity index is 1860. The molecular formula is C30H29FN8O4. The Morgan fingerprint density at radius 3 is 2.79 bits per heavy atom. The van der Waals surface area contributed by atoms with Gasteiger partial charge in [-0.2, -0.15) is 5.10 Å². The van der Waals surface area contributed by atoms with E-state index in [9.17, 15) is 4.79 Å². The number of anilines is 3. The van der Waals surface area contributed by atoms with Gasteiger partial charge in [-0.1, -0.05) is 0 Å². The molecule has 5 aromatic rings. The number of ether oxygens (including phenoxy) is 3. The van der Waals surface area contributed by atoms with Crippen LogP contribution >= 0.6 is 0 Å². The third kappa shape index (κ3) is 5.17. The van der Waals surface area contributed by atoms with Crippen molar-refractivity contribution < 1.29 is 23.4 Å². The number of halogens is 1. The Balaban J connectivity index is 1.12. The van der Waals surface area contributed by atoms with Gasteiger partial charge >= 0.3 is 6.09 Å². The predicted molar refractivity (Wildman–Crippen MR) is 157 cm³/mol. The molecule has 2 aromatic carbocycles. The summed E-state index contributed by atoms with van der Waals surface area (Å²) in [5.41, 5.74) is 2.09. The number of pyridine rings is 1. The molecule has 0 aliphatic carbocycles. The average Bonchev–Trinajstić information content (AvgIpc) is 3.45. The number of carbonyl (C=O) groups excluding carboxylic acids is 1. The van der Waals surface area contributed by atoms with Crippen LogP contribution in [0.15, 0.2) is 61.3 Å². The summed E-state index contributed by atoms with van der Waals surface area (Å²) in [5, 5.41) is 7.97. The van der Waals surface area contributed by atoms with Gasteiger partial charge in [-0.25, -0.2) is 28.7 Å². The highest BCUT2D eigenvalue weighted by molar-refractivity contribution is 6.00. The zero-order chi connectivity index (χ0) is 29.7. The first-order valence-corrected chi connectivity index (χ1v) is 13.9. The van der Waals surface area contributed by atoms with Crippen molar-refractivity contribution in [2.75, 3.05) is 36.5 Å². The number of benzene rings is 2. The molecule has 1 amide bonds. The van der Waals surface area contributed by atoms with Crippen molar-refractivity contribution >= 4 is 39.8 Å². The van der Waals surface area contributed by atoms with Crippen LogP contribution in [0.3, 0.4) is 0 Å². The molecule has 13 heteroatoms. The van der Waals surface area contributed by atoms with E-state index in [2.05, 4.69) is 30.3 Å². The third-order valence-corrected chi connectivity index (χ3v) is 7.27. The van der Waals surface area contributed by atoms with Crippen LogP contribution in [-0.4, -0.2) is 73.4 Å². The van der Waals surface area contributed by atoms with Crippen molar-refractivity contribution in [2.45, 2.75) is 32.4 Å². The summed E-state index contributed by atoms with van der Waals surface area (Å²) in [7, 11) is 0. The third-order valence-electron chi connectivity index (χ3n) is 7.27. The number of amides is 1. The smallest absolute Gasteiger partial charge is 0.410 e. The lowest BCUT2D eigenvalue weighted by molar-refractivity contribution is 0.0195. The molecule has 2 aliphatic heterocycles. The maximum absolute atomic E-state index is 15.1. The fourth-order valence-corrected chi connectivity index (χ4v) is 5.35. The first-order valence-electron chi connectivity index (χ1n) is 13.9. The number of hydrogen-bond acceptors (Lipinski definition) is 10. The van der Waals surface area contributed by atoms with Crippen molar-refractivity contribution in [1.29, 1.82) is 0 Å². The van der Waals surface area contributed by atoms with Crippen LogP contribution in [0.2, 0.25) is 0 Å². The Hall–Kier alpha value is -5.20. The molecule has 5 heterocycles. The highest BCUT2D eigenvalue weighted by atomic mass is 19.1. The van der Waals surface area contributed by atoms with Gasteiger partial charge in [0.05, 0.1) is 22.6 Å². The SMILES string of the molecule is CC(C)(C)OC(=O)N1CCN2c3ccc4ncnc(Nc5ccc(Oc6ccn7ncnc7c6)c(F)c5)c4c3OC[C@H]2C1. The van der Waals surface area contributed by atoms with Crippen molar-refractivity contribution in [3.63, 3.8) is 0 Å². The topological polar surface area (TPSA) is 119 Å². The number of nitrogens with one attached hydrogen (secondary N) is 1. The fraction of sp³-hybridized carbons (Fsp3) is 0.300. The minimum Gasteiger partial charge on any atom is -0.488 e. The van der Waals surface area contributed by atoms with Gasteiger partial charge in [0, 0.05) is 43.7 Å². The van der Waals surface area contributed by atoms with Crippen LogP contribution in [0, 0.1) is 5.82 Å². The lowest BCUT2D eigenvalue weighted by atomic mass is 10.1. The molecule has 1 N–H and O–H groups in total. The number of piperazine rings is 1. The Morgan fingerprint density at radius 2 is 1.95 bits per heavy atom. The van der Waals surface area contributed by atoms with Gasteiger partial charge in [-0.05, 0) is 51.1 Å². The van der Waals surface area contributed by atoms with Crippen LogP contribution in [-0.2, 0) is 4.74 Å². The van der Waals surface area contributed by atoms with Gasteiger partial charge in [-0.15, -0.1) is 0 Å². The van der Waals surface area contributed by atoms with E-state index in [4.69, 9.17) is 14.2 Å². The summed E-state index contributed by atoms with van der Waals surface area (Å²) in [6.07, 6.45) is 4.26. The van der Waals surface area contributed by atoms with Gasteiger partial charge in [0.25, 0.3) is 0 Å². The maximum Gasteiger partial charge on any atom is 0.410 e. The molecule has 0 unspecified atom stereocenters. The molecule has 3 aromatic heterocycles. The second-order valence-corrected chi connectivity index (χ2v) is 11.4. The van der Waals surface area contributed by atoms with Gasteiger partial charge in [-0.3, -0.25) is 0 Å². The van der Waals surface area contributed by atoms with E-state index < -0.39 is 11.4 Å². The van der Waals surface area contributed by atoms with Crippen LogP contribution < -0.4 is 19.7 Å². The lowest BCUT2D eigenvalue weighted by Gasteiger charge is -2.45. The molecule has 1 fully saturated rings. The van der Waals surface area contributed by atoms with Crippen LogP contribution in [0.5, 0.6) is 17.2 Å². The van der Waals surface area contributed by atoms with Gasteiger partial charge < -0.3 is 29.3 Å². The summed E-state index contributed by atoms with van der Waals surface area (Å²) in [6.45, 7) is 7.59. The quantitative estimate of drug-likeness (QED) is 0.303. The molecule has 2 aliphatic rings. The van der Waals surface area contributed by atoms with Crippen molar-refractivity contribution in [3.8, 4) is 17.2 Å². The first kappa shape index (κ1) is 26.7. The minimum atomic E-state index is -0.560. The van der Waals surface area contributed by atoms with Gasteiger partial charge in [0.1, 0.15) is 36.4 Å². The normalized spacial score (nSPS) is 16.4. The van der Waals surface area contributed by atoms with Gasteiger partial charge in [0.2, 0.25) is 0 Å². The summed E-state index contributed by atoms with van der Waals surface area (Å²) in [6, 6.07) is 11.8. The van der Waals surface area contributed by atoms with Crippen LogP contribution in [0.25, 0.3) is 16.6 Å². The van der Waals surface area contributed by atoms with Crippen molar-refractivity contribution in [1.82, 2.24) is 29.5 Å². The first-order chi connectivity index (χ1) is 20.7. The molecule has 7 rings (SSSR count). The Labute approximate surface area is 246 Å². The zero-order valence-electron chi connectivity index (χ0n) is 23.8. The van der Waals surface area contributed by atoms with Gasteiger partial charge in [0.15, 0.2) is 23.0 Å². The largest absolute Gasteiger partial charge is 0.488 e. The highest BCUT2D eigenvalue weighted by Crippen LogP contribution is 2.43. The van der Waals surface area contributed by atoms with E-state index in [1.165, 1.54) is 18.7 Å². The molecule has 0 saturated carbocycles. The molecule has 1 saturated heterocycles. The van der Waals surface area contributed by atoms with E-state index in [1.807, 2.05) is 32.9 Å². The summed E-state index contributed by atoms with van der Waals surface area (Å²) in [4.78, 5) is 29.7. The average molecular weight is 585 g/mol. The van der Waals surface area contributed by atoms with E-state index in [0.717, 1.165) is 5.69 Å². The standard InChI is InChI=1S/C30H29FN8O4/c1-30(2,3)43-29(40)37-10-11-38-19(14-37)15-41-27-23(38)6-5-22-26(27)28(34-16-32-22)36-18-4-7-24(21(31)12-18)42-20-8-9-39-25(13-20)33-17-35-39/h4-9,12-13,16-17,19H,10-11,14-15H2,1-3H3,(H,32,34,36)/t19-/m1/s1. The van der Waals surface area contributed by atoms with E-state index in [0.29, 0.717) is 65.8 Å². The monoisotopic (exact) mass is 584 g/mol. The zero-order valence-corrected chi connectivity index (χ0v) is 23.8. The second kappa shape index (κ2) is 10.3. The fourth-order valence-electron chi connectivity index (χ4n) is 5.35. The van der Waals surface area contributed by atoms with E-state index in [1.54, 1.807) is 39.9 Å². The number of aromatic nitrogens is 5. The molecule has 0 bridgehead atoms. The Kier molecular flexibility index (Phi) is 6.37. The molecule has 0 radical (unpaired) electrons. The van der Waals surface area contributed by atoms with E-state index >= 15 is 4.39 Å². The maximum atomic E-state index is 15.1. The Morgan fingerprint density at radius 1 is 1.07 bits per heavy atom. The second-order valence-electron chi connectivity index (χ2n) is 11.4. The number of rotatable bonds is 4. The van der Waals surface area contributed by atoms with Crippen molar-refractivity contribution in [2.24, 2.45) is 0 Å². The summed E-state index contributed by atoms with van der Waals surface area (Å²) < 4.78 is 34.4. The predicted octanol–water partition coefficient (Wildman–Crippen LogP) is 5.17. The highest BCUT2D eigenvalue weighted by Gasteiger charge is 2.37. The lowest BCUT2D eigenvalue weighted by Crippen LogP contribution is -2.59. The van der Waals surface area contributed by atoms with E-state index in [-0.39, 0.29) is 17.9 Å². The molecule has 1 atom stereocenters. The number of fused-ring (bicyclic) bond motifs is 6. The van der Waals surface area contributed by atoms with Crippen LogP contribution in [0.1, 0.15) is 20.8 Å². The molecule has 0 spiro atoms. The number of carbonyl (C=O) groups is 1. The van der Waals surface area contributed by atoms with Crippen LogP contribution in [0.4, 0.5) is 26.4 Å². The number of hydrogen-bond donors (Lipinski definition) is 1. The molecular weight excluding hydrogens is 555 g/mol. The van der Waals surface area contributed by atoms with Crippen molar-refractivity contribution in [3.05, 3.63) is 67.1 Å². The molecule has 12 nitrogen and oxygen atoms in total. The summed E-state index contributed by atoms with van der Waals surface area (Å²) >= 11 is 0.